The van der Waals surface area contributed by atoms with E-state index < -0.39 is 11.2 Å². The highest BCUT2D eigenvalue weighted by Gasteiger charge is 2.10. The fourth-order valence-electron chi connectivity index (χ4n) is 2.10. The number of aromatic amines is 2. The van der Waals surface area contributed by atoms with Gasteiger partial charge in [-0.3, -0.25) is 14.8 Å². The van der Waals surface area contributed by atoms with Gasteiger partial charge in [-0.25, -0.2) is 4.79 Å². The lowest BCUT2D eigenvalue weighted by Gasteiger charge is -2.09. The second kappa shape index (κ2) is 5.32. The van der Waals surface area contributed by atoms with Crippen molar-refractivity contribution in [2.45, 2.75) is 0 Å². The third-order valence-electron chi connectivity index (χ3n) is 3.18. The van der Waals surface area contributed by atoms with Gasteiger partial charge in [-0.1, -0.05) is 0 Å². The SMILES string of the molecule is COc1ccc(-c2cc3c(=O)[nH]c(=O)[nH]c3nn2)cc1OC. The van der Waals surface area contributed by atoms with Crippen molar-refractivity contribution in [3.63, 3.8) is 0 Å². The number of H-pyrrole nitrogens is 2. The maximum Gasteiger partial charge on any atom is 0.327 e. The Morgan fingerprint density at radius 3 is 2.45 bits per heavy atom. The van der Waals surface area contributed by atoms with Crippen LogP contribution in [0.4, 0.5) is 0 Å². The van der Waals surface area contributed by atoms with Crippen molar-refractivity contribution in [1.82, 2.24) is 20.2 Å². The number of nitrogens with zero attached hydrogens (tertiary/aromatic N) is 2. The highest BCUT2D eigenvalue weighted by atomic mass is 16.5. The maximum absolute atomic E-state index is 11.8. The fraction of sp³-hybridized carbons (Fsp3) is 0.143. The molecule has 0 saturated carbocycles. The van der Waals surface area contributed by atoms with Crippen molar-refractivity contribution in [2.24, 2.45) is 0 Å². The second-order valence-electron chi connectivity index (χ2n) is 4.47. The van der Waals surface area contributed by atoms with E-state index in [-0.39, 0.29) is 11.0 Å². The lowest BCUT2D eigenvalue weighted by Crippen LogP contribution is -2.22. The smallest absolute Gasteiger partial charge is 0.327 e. The van der Waals surface area contributed by atoms with Gasteiger partial charge in [-0.15, -0.1) is 10.2 Å². The Labute approximate surface area is 123 Å². The van der Waals surface area contributed by atoms with Crippen LogP contribution in [0.2, 0.25) is 0 Å². The molecule has 0 unspecified atom stereocenters. The summed E-state index contributed by atoms with van der Waals surface area (Å²) in [6, 6.07) is 6.79. The number of methoxy groups -OCH3 is 2. The van der Waals surface area contributed by atoms with Gasteiger partial charge in [0.1, 0.15) is 0 Å². The molecule has 2 heterocycles. The van der Waals surface area contributed by atoms with Gasteiger partial charge in [0.2, 0.25) is 0 Å². The van der Waals surface area contributed by atoms with E-state index in [4.69, 9.17) is 9.47 Å². The van der Waals surface area contributed by atoms with Gasteiger partial charge in [0, 0.05) is 5.56 Å². The zero-order chi connectivity index (χ0) is 15.7. The van der Waals surface area contributed by atoms with E-state index in [0.29, 0.717) is 22.8 Å². The Kier molecular flexibility index (Phi) is 3.34. The largest absolute Gasteiger partial charge is 0.493 e. The molecule has 0 amide bonds. The first-order chi connectivity index (χ1) is 10.6. The van der Waals surface area contributed by atoms with Gasteiger partial charge in [0.15, 0.2) is 17.1 Å². The number of hydrogen-bond donors (Lipinski definition) is 2. The normalized spacial score (nSPS) is 10.6. The molecule has 8 heteroatoms. The predicted molar refractivity (Wildman–Crippen MR) is 79.3 cm³/mol. The molecule has 0 atom stereocenters. The van der Waals surface area contributed by atoms with Crippen molar-refractivity contribution >= 4 is 11.0 Å². The summed E-state index contributed by atoms with van der Waals surface area (Å²) in [6.07, 6.45) is 0. The van der Waals surface area contributed by atoms with E-state index in [2.05, 4.69) is 20.2 Å². The summed E-state index contributed by atoms with van der Waals surface area (Å²) < 4.78 is 10.4. The molecule has 0 aliphatic rings. The lowest BCUT2D eigenvalue weighted by atomic mass is 10.1. The van der Waals surface area contributed by atoms with Gasteiger partial charge in [-0.2, -0.15) is 0 Å². The van der Waals surface area contributed by atoms with Gasteiger partial charge in [-0.05, 0) is 24.3 Å². The number of fused-ring (bicyclic) bond motifs is 1. The molecule has 3 rings (SSSR count). The summed E-state index contributed by atoms with van der Waals surface area (Å²) in [5.74, 6) is 1.12. The van der Waals surface area contributed by atoms with E-state index >= 15 is 0 Å². The van der Waals surface area contributed by atoms with Crippen LogP contribution in [0, 0.1) is 0 Å². The van der Waals surface area contributed by atoms with Crippen LogP contribution in [0.1, 0.15) is 0 Å². The van der Waals surface area contributed by atoms with Crippen molar-refractivity contribution < 1.29 is 9.47 Å². The average Bonchev–Trinajstić information content (AvgIpc) is 2.53. The van der Waals surface area contributed by atoms with Crippen LogP contribution < -0.4 is 20.7 Å². The highest BCUT2D eigenvalue weighted by Crippen LogP contribution is 2.31. The van der Waals surface area contributed by atoms with E-state index in [1.807, 2.05) is 0 Å². The summed E-state index contributed by atoms with van der Waals surface area (Å²) >= 11 is 0. The number of aromatic nitrogens is 4. The molecule has 2 aromatic heterocycles. The molecule has 8 nitrogen and oxygen atoms in total. The molecule has 0 radical (unpaired) electrons. The Hall–Kier alpha value is -3.16. The summed E-state index contributed by atoms with van der Waals surface area (Å²) in [5.41, 5.74) is 0.183. The summed E-state index contributed by atoms with van der Waals surface area (Å²) in [5, 5.41) is 8.15. The Bertz CT molecular complexity index is 961. The lowest BCUT2D eigenvalue weighted by molar-refractivity contribution is 0.355. The van der Waals surface area contributed by atoms with Crippen molar-refractivity contribution in [1.29, 1.82) is 0 Å². The minimum atomic E-state index is -0.620. The third kappa shape index (κ3) is 2.30. The zero-order valence-corrected chi connectivity index (χ0v) is 11.8. The summed E-state index contributed by atoms with van der Waals surface area (Å²) in [4.78, 5) is 27.6. The zero-order valence-electron chi connectivity index (χ0n) is 11.8. The first kappa shape index (κ1) is 13.8. The second-order valence-corrected chi connectivity index (χ2v) is 4.47. The number of nitrogens with one attached hydrogen (secondary N) is 2. The topological polar surface area (TPSA) is 110 Å². The van der Waals surface area contributed by atoms with Crippen molar-refractivity contribution in [2.75, 3.05) is 14.2 Å². The van der Waals surface area contributed by atoms with Crippen molar-refractivity contribution in [3.05, 3.63) is 45.1 Å². The predicted octanol–water partition coefficient (Wildman–Crippen LogP) is 0.691. The number of ether oxygens (including phenoxy) is 2. The van der Waals surface area contributed by atoms with E-state index in [0.717, 1.165) is 0 Å². The summed E-state index contributed by atoms with van der Waals surface area (Å²) in [7, 11) is 3.08. The molecule has 0 fully saturated rings. The standard InChI is InChI=1S/C14H12N4O4/c1-21-10-4-3-7(5-11(10)22-2)9-6-8-12(18-17-9)15-14(20)16-13(8)19/h3-6H,1-2H3,(H2,15,16,18,19,20). The van der Waals surface area contributed by atoms with Gasteiger partial charge >= 0.3 is 5.69 Å². The number of rotatable bonds is 3. The van der Waals surface area contributed by atoms with Crippen LogP contribution in [0.25, 0.3) is 22.3 Å². The molecule has 112 valence electrons. The Morgan fingerprint density at radius 2 is 1.73 bits per heavy atom. The molecule has 3 aromatic rings. The van der Waals surface area contributed by atoms with Crippen LogP contribution >= 0.6 is 0 Å². The first-order valence-corrected chi connectivity index (χ1v) is 6.35. The molecule has 0 bridgehead atoms. The van der Waals surface area contributed by atoms with Crippen LogP contribution in [0.3, 0.4) is 0 Å². The molecule has 0 aliphatic carbocycles. The fourth-order valence-corrected chi connectivity index (χ4v) is 2.10. The molecule has 22 heavy (non-hydrogen) atoms. The van der Waals surface area contributed by atoms with E-state index in [1.165, 1.54) is 7.11 Å². The van der Waals surface area contributed by atoms with Crippen LogP contribution in [0.15, 0.2) is 33.9 Å². The number of hydrogen-bond acceptors (Lipinski definition) is 6. The monoisotopic (exact) mass is 300 g/mol. The number of benzene rings is 1. The van der Waals surface area contributed by atoms with Crippen LogP contribution in [0.5, 0.6) is 11.5 Å². The molecule has 1 aromatic carbocycles. The van der Waals surface area contributed by atoms with Gasteiger partial charge in [0.25, 0.3) is 5.56 Å². The highest BCUT2D eigenvalue weighted by molar-refractivity contribution is 5.78. The molecule has 2 N–H and O–H groups in total. The van der Waals surface area contributed by atoms with E-state index in [1.54, 1.807) is 31.4 Å². The molecule has 0 saturated heterocycles. The van der Waals surface area contributed by atoms with Gasteiger partial charge < -0.3 is 9.47 Å². The minimum absolute atomic E-state index is 0.137. The average molecular weight is 300 g/mol. The molecular formula is C14H12N4O4. The Morgan fingerprint density at radius 1 is 0.955 bits per heavy atom. The first-order valence-electron chi connectivity index (χ1n) is 6.35. The van der Waals surface area contributed by atoms with Crippen LogP contribution in [-0.2, 0) is 0 Å². The van der Waals surface area contributed by atoms with Crippen LogP contribution in [-0.4, -0.2) is 34.4 Å². The molecule has 0 spiro atoms. The summed E-state index contributed by atoms with van der Waals surface area (Å²) in [6.45, 7) is 0. The quantitative estimate of drug-likeness (QED) is 0.736. The molecular weight excluding hydrogens is 288 g/mol. The Balaban J connectivity index is 2.18. The molecule has 0 aliphatic heterocycles. The maximum atomic E-state index is 11.8. The minimum Gasteiger partial charge on any atom is -0.493 e. The van der Waals surface area contributed by atoms with E-state index in [9.17, 15) is 9.59 Å². The van der Waals surface area contributed by atoms with Crippen molar-refractivity contribution in [3.8, 4) is 22.8 Å². The third-order valence-corrected chi connectivity index (χ3v) is 3.18. The van der Waals surface area contributed by atoms with Gasteiger partial charge in [0.05, 0.1) is 25.3 Å².